The van der Waals surface area contributed by atoms with Crippen LogP contribution in [0.5, 0.6) is 0 Å². The van der Waals surface area contributed by atoms with E-state index in [1.54, 1.807) is 6.92 Å². The summed E-state index contributed by atoms with van der Waals surface area (Å²) in [5.41, 5.74) is 0.993. The number of hydrogen-bond acceptors (Lipinski definition) is 5. The molecular formula is C17H19N3O4. The molecule has 2 aromatic rings. The van der Waals surface area contributed by atoms with Crippen LogP contribution in [-0.2, 0) is 11.5 Å². The fourth-order valence-corrected chi connectivity index (χ4v) is 2.62. The molecule has 1 atom stereocenters. The molecule has 0 amide bonds. The summed E-state index contributed by atoms with van der Waals surface area (Å²) in [5, 5.41) is 19.2. The van der Waals surface area contributed by atoms with Gasteiger partial charge in [0.05, 0.1) is 11.8 Å². The number of aryl methyl sites for hydroxylation is 2. The first kappa shape index (κ1) is 17.5. The Hall–Kier alpha value is -2.85. The van der Waals surface area contributed by atoms with Crippen molar-refractivity contribution >= 4 is 0 Å². The molecule has 0 radical (unpaired) electrons. The predicted molar refractivity (Wildman–Crippen MR) is 87.1 cm³/mol. The Morgan fingerprint density at radius 3 is 2.38 bits per heavy atom. The van der Waals surface area contributed by atoms with E-state index in [1.807, 2.05) is 32.0 Å². The highest BCUT2D eigenvalue weighted by atomic mass is 16.5. The van der Waals surface area contributed by atoms with Crippen molar-refractivity contribution in [3.8, 4) is 6.07 Å². The SMILES string of the molecule is CCOCn1c(C(C#N)c2cc(C)cc(C)c2)cc(=O)n(O)c1=O. The van der Waals surface area contributed by atoms with E-state index in [0.29, 0.717) is 12.2 Å². The highest BCUT2D eigenvalue weighted by molar-refractivity contribution is 5.39. The topological polar surface area (TPSA) is 97.2 Å². The minimum atomic E-state index is -0.935. The maximum absolute atomic E-state index is 12.2. The molecular weight excluding hydrogens is 310 g/mol. The lowest BCUT2D eigenvalue weighted by Crippen LogP contribution is -2.41. The van der Waals surface area contributed by atoms with Crippen LogP contribution in [0.15, 0.2) is 33.9 Å². The Bertz CT molecular complexity index is 885. The van der Waals surface area contributed by atoms with Crippen LogP contribution in [0.3, 0.4) is 0 Å². The first-order valence-electron chi connectivity index (χ1n) is 7.50. The fraction of sp³-hybridized carbons (Fsp3) is 0.353. The molecule has 0 saturated carbocycles. The van der Waals surface area contributed by atoms with Gasteiger partial charge in [0.15, 0.2) is 0 Å². The lowest BCUT2D eigenvalue weighted by Gasteiger charge is -2.18. The molecule has 0 fully saturated rings. The molecule has 1 aromatic heterocycles. The first-order chi connectivity index (χ1) is 11.4. The molecule has 0 bridgehead atoms. The highest BCUT2D eigenvalue weighted by Crippen LogP contribution is 2.24. The summed E-state index contributed by atoms with van der Waals surface area (Å²) in [5.74, 6) is -0.828. The fourth-order valence-electron chi connectivity index (χ4n) is 2.62. The molecule has 24 heavy (non-hydrogen) atoms. The van der Waals surface area contributed by atoms with Crippen molar-refractivity contribution in [2.24, 2.45) is 0 Å². The maximum Gasteiger partial charge on any atom is 0.366 e. The third-order valence-electron chi connectivity index (χ3n) is 3.63. The minimum absolute atomic E-state index is 0.0123. The van der Waals surface area contributed by atoms with Crippen molar-refractivity contribution < 1.29 is 9.94 Å². The normalized spacial score (nSPS) is 11.9. The standard InChI is InChI=1S/C17H19N3O4/c1-4-24-10-19-15(8-16(21)20(23)17(19)22)14(9-18)13-6-11(2)5-12(3)7-13/h5-8,14,23H,4,10H2,1-3H3. The summed E-state index contributed by atoms with van der Waals surface area (Å²) in [4.78, 5) is 24.0. The van der Waals surface area contributed by atoms with Crippen molar-refractivity contribution in [1.29, 1.82) is 5.26 Å². The molecule has 7 nitrogen and oxygen atoms in total. The van der Waals surface area contributed by atoms with Crippen molar-refractivity contribution in [3.05, 3.63) is 67.5 Å². The van der Waals surface area contributed by atoms with Crippen LogP contribution >= 0.6 is 0 Å². The second-order valence-electron chi connectivity index (χ2n) is 5.53. The van der Waals surface area contributed by atoms with E-state index in [4.69, 9.17) is 4.74 Å². The Morgan fingerprint density at radius 2 is 1.83 bits per heavy atom. The van der Waals surface area contributed by atoms with Gasteiger partial charge in [-0.15, -0.1) is 0 Å². The Morgan fingerprint density at radius 1 is 1.21 bits per heavy atom. The number of benzene rings is 1. The van der Waals surface area contributed by atoms with E-state index in [2.05, 4.69) is 6.07 Å². The lowest BCUT2D eigenvalue weighted by molar-refractivity contribution is 0.0701. The summed E-state index contributed by atoms with van der Waals surface area (Å²) in [6.45, 7) is 5.75. The lowest BCUT2D eigenvalue weighted by atomic mass is 9.93. The molecule has 1 aromatic carbocycles. The molecule has 1 N–H and O–H groups in total. The quantitative estimate of drug-likeness (QED) is 0.839. The number of nitrogens with zero attached hydrogens (tertiary/aromatic N) is 3. The molecule has 126 valence electrons. The second-order valence-corrected chi connectivity index (χ2v) is 5.53. The predicted octanol–water partition coefficient (Wildman–Crippen LogP) is 1.51. The zero-order chi connectivity index (χ0) is 17.9. The van der Waals surface area contributed by atoms with Crippen molar-refractivity contribution in [3.63, 3.8) is 0 Å². The van der Waals surface area contributed by atoms with Gasteiger partial charge in [0.25, 0.3) is 5.56 Å². The van der Waals surface area contributed by atoms with Crippen molar-refractivity contribution in [2.45, 2.75) is 33.4 Å². The van der Waals surface area contributed by atoms with Crippen molar-refractivity contribution in [2.75, 3.05) is 6.61 Å². The summed E-state index contributed by atoms with van der Waals surface area (Å²) >= 11 is 0. The van der Waals surface area contributed by atoms with E-state index >= 15 is 0 Å². The van der Waals surface area contributed by atoms with Crippen LogP contribution in [0.25, 0.3) is 0 Å². The number of rotatable bonds is 5. The van der Waals surface area contributed by atoms with Gasteiger partial charge in [0.2, 0.25) is 0 Å². The molecule has 7 heteroatoms. The Kier molecular flexibility index (Phi) is 5.21. The highest BCUT2D eigenvalue weighted by Gasteiger charge is 2.21. The minimum Gasteiger partial charge on any atom is -0.421 e. The van der Waals surface area contributed by atoms with Gasteiger partial charge in [0.1, 0.15) is 12.6 Å². The van der Waals surface area contributed by atoms with Gasteiger partial charge in [-0.25, -0.2) is 4.79 Å². The molecule has 1 heterocycles. The molecule has 0 aliphatic rings. The van der Waals surface area contributed by atoms with Crippen LogP contribution in [0.1, 0.15) is 35.2 Å². The van der Waals surface area contributed by atoms with Crippen LogP contribution in [-0.4, -0.2) is 21.1 Å². The van der Waals surface area contributed by atoms with Gasteiger partial charge >= 0.3 is 5.69 Å². The maximum atomic E-state index is 12.2. The summed E-state index contributed by atoms with van der Waals surface area (Å²) in [6, 6.07) is 8.86. The van der Waals surface area contributed by atoms with E-state index in [0.717, 1.165) is 21.8 Å². The smallest absolute Gasteiger partial charge is 0.366 e. The summed E-state index contributed by atoms with van der Waals surface area (Å²) < 4.78 is 6.35. The Labute approximate surface area is 138 Å². The van der Waals surface area contributed by atoms with Gasteiger partial charge in [-0.2, -0.15) is 5.26 Å². The van der Waals surface area contributed by atoms with Crippen molar-refractivity contribution in [1.82, 2.24) is 9.30 Å². The first-order valence-corrected chi connectivity index (χ1v) is 7.50. The largest absolute Gasteiger partial charge is 0.421 e. The van der Waals surface area contributed by atoms with Crippen LogP contribution in [0.4, 0.5) is 0 Å². The number of nitriles is 1. The average Bonchev–Trinajstić information content (AvgIpc) is 2.52. The third-order valence-corrected chi connectivity index (χ3v) is 3.63. The summed E-state index contributed by atoms with van der Waals surface area (Å²) in [6.07, 6.45) is 0. The molecule has 0 aliphatic heterocycles. The zero-order valence-electron chi connectivity index (χ0n) is 13.8. The average molecular weight is 329 g/mol. The van der Waals surface area contributed by atoms with E-state index in [9.17, 15) is 20.1 Å². The summed E-state index contributed by atoms with van der Waals surface area (Å²) in [7, 11) is 0. The number of aromatic nitrogens is 2. The van der Waals surface area contributed by atoms with Crippen LogP contribution in [0.2, 0.25) is 0 Å². The van der Waals surface area contributed by atoms with Crippen LogP contribution < -0.4 is 11.2 Å². The van der Waals surface area contributed by atoms with Gasteiger partial charge in [-0.05, 0) is 26.3 Å². The van der Waals surface area contributed by atoms with E-state index in [-0.39, 0.29) is 17.2 Å². The second kappa shape index (κ2) is 7.15. The van der Waals surface area contributed by atoms with Gasteiger partial charge in [-0.1, -0.05) is 34.1 Å². The van der Waals surface area contributed by atoms with Gasteiger partial charge < -0.3 is 9.94 Å². The number of hydrogen-bond donors (Lipinski definition) is 1. The van der Waals surface area contributed by atoms with Gasteiger partial charge in [-0.3, -0.25) is 9.36 Å². The van der Waals surface area contributed by atoms with E-state index in [1.165, 1.54) is 0 Å². The van der Waals surface area contributed by atoms with E-state index < -0.39 is 17.2 Å². The monoisotopic (exact) mass is 329 g/mol. The molecule has 1 unspecified atom stereocenters. The number of ether oxygens (including phenoxy) is 1. The molecule has 0 aliphatic carbocycles. The molecule has 0 spiro atoms. The van der Waals surface area contributed by atoms with Gasteiger partial charge in [0, 0.05) is 12.7 Å². The Balaban J connectivity index is 2.70. The molecule has 0 saturated heterocycles. The third kappa shape index (κ3) is 3.39. The zero-order valence-corrected chi connectivity index (χ0v) is 13.8. The van der Waals surface area contributed by atoms with Crippen LogP contribution in [0, 0.1) is 25.2 Å². The molecule has 2 rings (SSSR count).